The summed E-state index contributed by atoms with van der Waals surface area (Å²) in [4.78, 5) is 8.76. The molecule has 0 spiro atoms. The molecule has 0 radical (unpaired) electrons. The second kappa shape index (κ2) is 6.81. The Morgan fingerprint density at radius 1 is 1.04 bits per heavy atom. The van der Waals surface area contributed by atoms with E-state index in [2.05, 4.69) is 35.7 Å². The lowest BCUT2D eigenvalue weighted by Gasteiger charge is -2.13. The number of nitrogens with zero attached hydrogens (tertiary/aromatic N) is 4. The molecule has 0 aliphatic heterocycles. The van der Waals surface area contributed by atoms with Crippen molar-refractivity contribution in [1.82, 2.24) is 30.4 Å². The molecule has 4 aromatic rings. The van der Waals surface area contributed by atoms with Crippen LogP contribution < -0.4 is 11.1 Å². The molecule has 0 aliphatic rings. The van der Waals surface area contributed by atoms with Crippen molar-refractivity contribution in [3.8, 4) is 22.5 Å². The number of anilines is 2. The van der Waals surface area contributed by atoms with Gasteiger partial charge in [0.05, 0.1) is 22.3 Å². The Balaban J connectivity index is 1.95. The molecule has 4 rings (SSSR count). The Bertz CT molecular complexity index is 1010. The minimum Gasteiger partial charge on any atom is -0.396 e. The lowest BCUT2D eigenvalue weighted by atomic mass is 10.0. The number of aromatic amines is 2. The summed E-state index contributed by atoms with van der Waals surface area (Å²) in [6.45, 7) is 0.671. The van der Waals surface area contributed by atoms with Gasteiger partial charge in [0, 0.05) is 36.7 Å². The van der Waals surface area contributed by atoms with Gasteiger partial charge in [-0.3, -0.25) is 10.2 Å². The van der Waals surface area contributed by atoms with Gasteiger partial charge in [-0.2, -0.15) is 15.2 Å². The largest absolute Gasteiger partial charge is 0.396 e. The third-order valence-electron chi connectivity index (χ3n) is 4.02. The smallest absolute Gasteiger partial charge is 0.222 e. The predicted molar refractivity (Wildman–Crippen MR) is 99.3 cm³/mol. The zero-order valence-electron chi connectivity index (χ0n) is 13.9. The monoisotopic (exact) mass is 350 g/mol. The molecular weight excluding hydrogens is 332 g/mol. The van der Waals surface area contributed by atoms with Crippen LogP contribution >= 0.6 is 0 Å². The van der Waals surface area contributed by atoms with Crippen LogP contribution in [0, 0.1) is 0 Å². The maximum atomic E-state index is 9.04. The average Bonchev–Trinajstić information content (AvgIpc) is 3.34. The van der Waals surface area contributed by atoms with E-state index in [-0.39, 0.29) is 12.6 Å². The van der Waals surface area contributed by atoms with Gasteiger partial charge >= 0.3 is 0 Å². The Morgan fingerprint density at radius 2 is 1.81 bits per heavy atom. The van der Waals surface area contributed by atoms with Crippen LogP contribution in [0.2, 0.25) is 0 Å². The van der Waals surface area contributed by atoms with Crippen LogP contribution in [-0.2, 0) is 0 Å². The van der Waals surface area contributed by atoms with Crippen molar-refractivity contribution >= 4 is 22.7 Å². The van der Waals surface area contributed by atoms with Gasteiger partial charge in [0.1, 0.15) is 5.82 Å². The van der Waals surface area contributed by atoms with Crippen LogP contribution in [0.15, 0.2) is 36.7 Å². The maximum absolute atomic E-state index is 9.04. The first-order valence-electron chi connectivity index (χ1n) is 8.22. The number of nitrogens with two attached hydrogens (primary N) is 1. The summed E-state index contributed by atoms with van der Waals surface area (Å²) in [6, 6.07) is 7.71. The topological polar surface area (TPSA) is 141 Å². The Hall–Kier alpha value is -3.46. The van der Waals surface area contributed by atoms with Gasteiger partial charge in [0.25, 0.3) is 0 Å². The molecule has 0 unspecified atom stereocenters. The molecule has 26 heavy (non-hydrogen) atoms. The standard InChI is InChI=1S/C17H18N8O/c18-17-22-14-9-10(12-2-5-20-24-12)8-11(13-3-6-21-25-13)15(14)16(23-17)19-4-1-7-26/h2-3,5-6,8-9,26H,1,4,7H2,(H,20,24)(H,21,25)(H3,18,19,22,23). The van der Waals surface area contributed by atoms with E-state index in [0.29, 0.717) is 24.3 Å². The van der Waals surface area contributed by atoms with E-state index in [0.717, 1.165) is 27.9 Å². The third kappa shape index (κ3) is 2.95. The molecule has 0 saturated heterocycles. The summed E-state index contributed by atoms with van der Waals surface area (Å²) in [6.07, 6.45) is 4.14. The number of rotatable bonds is 6. The summed E-state index contributed by atoms with van der Waals surface area (Å²) in [7, 11) is 0. The minimum atomic E-state index is 0.0982. The molecule has 132 valence electrons. The van der Waals surface area contributed by atoms with Crippen molar-refractivity contribution in [3.05, 3.63) is 36.7 Å². The van der Waals surface area contributed by atoms with E-state index < -0.39 is 0 Å². The summed E-state index contributed by atoms with van der Waals surface area (Å²) in [5, 5.41) is 27.3. The highest BCUT2D eigenvalue weighted by Crippen LogP contribution is 2.35. The van der Waals surface area contributed by atoms with Crippen molar-refractivity contribution in [3.63, 3.8) is 0 Å². The van der Waals surface area contributed by atoms with Gasteiger partial charge in [-0.25, -0.2) is 4.98 Å². The van der Waals surface area contributed by atoms with Gasteiger partial charge < -0.3 is 16.2 Å². The summed E-state index contributed by atoms with van der Waals surface area (Å²) in [5.74, 6) is 0.795. The van der Waals surface area contributed by atoms with Crippen LogP contribution in [0.1, 0.15) is 6.42 Å². The number of H-pyrrole nitrogens is 2. The van der Waals surface area contributed by atoms with Crippen molar-refractivity contribution in [2.75, 3.05) is 24.2 Å². The van der Waals surface area contributed by atoms with Gasteiger partial charge in [-0.1, -0.05) is 0 Å². The van der Waals surface area contributed by atoms with Crippen LogP contribution in [-0.4, -0.2) is 48.6 Å². The molecule has 0 amide bonds. The van der Waals surface area contributed by atoms with E-state index >= 15 is 0 Å². The number of hydrogen-bond acceptors (Lipinski definition) is 7. The number of aromatic nitrogens is 6. The molecule has 3 heterocycles. The Kier molecular flexibility index (Phi) is 4.20. The quantitative estimate of drug-likeness (QED) is 0.334. The van der Waals surface area contributed by atoms with Crippen molar-refractivity contribution in [1.29, 1.82) is 0 Å². The number of benzene rings is 1. The highest BCUT2D eigenvalue weighted by atomic mass is 16.3. The van der Waals surface area contributed by atoms with Crippen LogP contribution in [0.4, 0.5) is 11.8 Å². The second-order valence-corrected chi connectivity index (χ2v) is 5.77. The van der Waals surface area contributed by atoms with Gasteiger partial charge in [-0.15, -0.1) is 0 Å². The molecule has 3 aromatic heterocycles. The van der Waals surface area contributed by atoms with E-state index in [1.165, 1.54) is 0 Å². The van der Waals surface area contributed by atoms with E-state index in [1.54, 1.807) is 12.4 Å². The summed E-state index contributed by atoms with van der Waals surface area (Å²) >= 11 is 0. The first-order valence-corrected chi connectivity index (χ1v) is 8.22. The van der Waals surface area contributed by atoms with Crippen molar-refractivity contribution in [2.45, 2.75) is 6.42 Å². The lowest BCUT2D eigenvalue weighted by molar-refractivity contribution is 0.292. The molecule has 6 N–H and O–H groups in total. The number of hydrogen-bond donors (Lipinski definition) is 5. The number of nitrogen functional groups attached to an aromatic ring is 1. The molecule has 0 atom stereocenters. The van der Waals surface area contributed by atoms with Gasteiger partial charge in [0.15, 0.2) is 0 Å². The number of fused-ring (bicyclic) bond motifs is 1. The number of aliphatic hydroxyl groups is 1. The maximum Gasteiger partial charge on any atom is 0.222 e. The van der Waals surface area contributed by atoms with Crippen molar-refractivity contribution < 1.29 is 5.11 Å². The first kappa shape index (κ1) is 16.0. The summed E-state index contributed by atoms with van der Waals surface area (Å²) in [5.41, 5.74) is 9.95. The fourth-order valence-electron chi connectivity index (χ4n) is 2.88. The van der Waals surface area contributed by atoms with E-state index in [4.69, 9.17) is 10.8 Å². The SMILES string of the molecule is Nc1nc(NCCCO)c2c(-c3cc[nH]n3)cc(-c3cc[nH]n3)cc2n1. The average molecular weight is 350 g/mol. The molecule has 9 nitrogen and oxygen atoms in total. The molecule has 0 aliphatic carbocycles. The zero-order chi connectivity index (χ0) is 17.9. The molecule has 0 fully saturated rings. The van der Waals surface area contributed by atoms with Gasteiger partial charge in [0.2, 0.25) is 5.95 Å². The molecule has 1 aromatic carbocycles. The van der Waals surface area contributed by atoms with E-state index in [9.17, 15) is 0 Å². The molecule has 9 heteroatoms. The van der Waals surface area contributed by atoms with Gasteiger partial charge in [-0.05, 0) is 30.7 Å². The fraction of sp³-hybridized carbons (Fsp3) is 0.176. The lowest BCUT2D eigenvalue weighted by Crippen LogP contribution is -2.08. The first-order chi connectivity index (χ1) is 12.8. The minimum absolute atomic E-state index is 0.0982. The second-order valence-electron chi connectivity index (χ2n) is 5.77. The highest BCUT2D eigenvalue weighted by Gasteiger charge is 2.16. The Morgan fingerprint density at radius 3 is 2.50 bits per heavy atom. The third-order valence-corrected chi connectivity index (χ3v) is 4.02. The fourth-order valence-corrected chi connectivity index (χ4v) is 2.88. The number of nitrogens with one attached hydrogen (secondary N) is 3. The Labute approximate surface area is 148 Å². The molecule has 0 bridgehead atoms. The van der Waals surface area contributed by atoms with E-state index in [1.807, 2.05) is 24.3 Å². The van der Waals surface area contributed by atoms with Crippen LogP contribution in [0.5, 0.6) is 0 Å². The van der Waals surface area contributed by atoms with Crippen LogP contribution in [0.3, 0.4) is 0 Å². The van der Waals surface area contributed by atoms with Crippen LogP contribution in [0.25, 0.3) is 33.4 Å². The highest BCUT2D eigenvalue weighted by molar-refractivity contribution is 6.04. The summed E-state index contributed by atoms with van der Waals surface area (Å²) < 4.78 is 0. The predicted octanol–water partition coefficient (Wildman–Crippen LogP) is 1.79. The van der Waals surface area contributed by atoms with Crippen molar-refractivity contribution in [2.24, 2.45) is 0 Å². The normalized spacial score (nSPS) is 11.1. The molecular formula is C17H18N8O. The molecule has 0 saturated carbocycles. The number of aliphatic hydroxyl groups excluding tert-OH is 1. The zero-order valence-corrected chi connectivity index (χ0v) is 13.9.